The van der Waals surface area contributed by atoms with Gasteiger partial charge in [0, 0.05) is 11.8 Å². The summed E-state index contributed by atoms with van der Waals surface area (Å²) < 4.78 is 33.8. The number of hydrogen-bond donors (Lipinski definition) is 2. The van der Waals surface area contributed by atoms with Gasteiger partial charge in [0.15, 0.2) is 0 Å². The molecule has 0 amide bonds. The predicted molar refractivity (Wildman–Crippen MR) is 71.0 cm³/mol. The molecule has 1 aromatic carbocycles. The number of carbonyl (C=O) groups is 1. The van der Waals surface area contributed by atoms with Crippen molar-refractivity contribution in [1.29, 1.82) is 0 Å². The van der Waals surface area contributed by atoms with Crippen molar-refractivity contribution in [3.63, 3.8) is 0 Å². The van der Waals surface area contributed by atoms with Crippen LogP contribution >= 0.6 is 0 Å². The predicted octanol–water partition coefficient (Wildman–Crippen LogP) is 1.26. The van der Waals surface area contributed by atoms with Crippen molar-refractivity contribution in [2.24, 2.45) is 5.73 Å². The van der Waals surface area contributed by atoms with Gasteiger partial charge >= 0.3 is 5.97 Å². The SMILES string of the molecule is COC(=O)C=C(C)N.Cc1ccc(S(=O)(=O)O)cc1. The zero-order chi connectivity index (χ0) is 15.1. The number of methoxy groups -OCH3 is 1. The van der Waals surface area contributed by atoms with Crippen LogP contribution in [0.5, 0.6) is 0 Å². The number of allylic oxidation sites excluding steroid dienone is 1. The Bertz CT molecular complexity index is 542. The van der Waals surface area contributed by atoms with Gasteiger partial charge in [-0.1, -0.05) is 17.7 Å². The highest BCUT2D eigenvalue weighted by Gasteiger charge is 2.06. The molecule has 106 valence electrons. The first-order chi connectivity index (χ1) is 8.66. The molecule has 0 aliphatic rings. The molecule has 0 heterocycles. The Morgan fingerprint density at radius 3 is 2.05 bits per heavy atom. The zero-order valence-corrected chi connectivity index (χ0v) is 11.8. The average Bonchev–Trinajstić information content (AvgIpc) is 2.28. The van der Waals surface area contributed by atoms with Crippen molar-refractivity contribution in [2.45, 2.75) is 18.7 Å². The smallest absolute Gasteiger partial charge is 0.332 e. The number of nitrogens with two attached hydrogens (primary N) is 1. The van der Waals surface area contributed by atoms with Gasteiger partial charge in [0.2, 0.25) is 0 Å². The molecule has 0 saturated carbocycles. The summed E-state index contributed by atoms with van der Waals surface area (Å²) in [5.74, 6) is -0.412. The second-order valence-corrected chi connectivity index (χ2v) is 5.12. The van der Waals surface area contributed by atoms with E-state index in [4.69, 9.17) is 10.3 Å². The lowest BCUT2D eigenvalue weighted by molar-refractivity contribution is -0.134. The van der Waals surface area contributed by atoms with E-state index in [9.17, 15) is 13.2 Å². The quantitative estimate of drug-likeness (QED) is 0.482. The topological polar surface area (TPSA) is 107 Å². The van der Waals surface area contributed by atoms with E-state index >= 15 is 0 Å². The van der Waals surface area contributed by atoms with E-state index in [1.807, 2.05) is 6.92 Å². The summed E-state index contributed by atoms with van der Waals surface area (Å²) in [6.45, 7) is 3.46. The van der Waals surface area contributed by atoms with Gasteiger partial charge in [-0.15, -0.1) is 0 Å². The highest BCUT2D eigenvalue weighted by Crippen LogP contribution is 2.08. The average molecular weight is 287 g/mol. The zero-order valence-electron chi connectivity index (χ0n) is 11.0. The first kappa shape index (κ1) is 17.1. The maximum Gasteiger partial charge on any atom is 0.332 e. The van der Waals surface area contributed by atoms with Gasteiger partial charge in [-0.3, -0.25) is 4.55 Å². The Balaban J connectivity index is 0.000000362. The van der Waals surface area contributed by atoms with Crippen LogP contribution in [0, 0.1) is 6.92 Å². The Morgan fingerprint density at radius 1 is 1.32 bits per heavy atom. The summed E-state index contributed by atoms with van der Waals surface area (Å²) in [7, 11) is -2.71. The van der Waals surface area contributed by atoms with Crippen molar-refractivity contribution in [3.8, 4) is 0 Å². The molecular weight excluding hydrogens is 270 g/mol. The first-order valence-corrected chi connectivity index (χ1v) is 6.66. The fourth-order valence-electron chi connectivity index (χ4n) is 0.955. The molecule has 3 N–H and O–H groups in total. The number of ether oxygens (including phenoxy) is 1. The first-order valence-electron chi connectivity index (χ1n) is 5.22. The second kappa shape index (κ2) is 7.55. The van der Waals surface area contributed by atoms with E-state index in [2.05, 4.69) is 4.74 Å². The molecule has 0 fully saturated rings. The number of benzene rings is 1. The van der Waals surface area contributed by atoms with Crippen LogP contribution in [0.2, 0.25) is 0 Å². The third-order valence-corrected chi connectivity index (χ3v) is 2.73. The van der Waals surface area contributed by atoms with Crippen LogP contribution in [0.1, 0.15) is 12.5 Å². The van der Waals surface area contributed by atoms with Crippen LogP contribution in [-0.4, -0.2) is 26.0 Å². The summed E-state index contributed by atoms with van der Waals surface area (Å²) >= 11 is 0. The fourth-order valence-corrected chi connectivity index (χ4v) is 1.44. The number of esters is 1. The summed E-state index contributed by atoms with van der Waals surface area (Å²) in [6.07, 6.45) is 1.22. The molecule has 0 aliphatic heterocycles. The van der Waals surface area contributed by atoms with Crippen molar-refractivity contribution >= 4 is 16.1 Å². The number of hydrogen-bond acceptors (Lipinski definition) is 5. The van der Waals surface area contributed by atoms with Gasteiger partial charge < -0.3 is 10.5 Å². The molecule has 0 saturated heterocycles. The summed E-state index contributed by atoms with van der Waals surface area (Å²) in [5.41, 5.74) is 6.54. The summed E-state index contributed by atoms with van der Waals surface area (Å²) in [4.78, 5) is 10.2. The molecule has 7 heteroatoms. The van der Waals surface area contributed by atoms with Gasteiger partial charge in [-0.25, -0.2) is 4.79 Å². The van der Waals surface area contributed by atoms with Crippen molar-refractivity contribution in [1.82, 2.24) is 0 Å². The molecule has 6 nitrogen and oxygen atoms in total. The maximum atomic E-state index is 10.5. The summed E-state index contributed by atoms with van der Waals surface area (Å²) in [5, 5.41) is 0. The minimum absolute atomic E-state index is 0.0666. The second-order valence-electron chi connectivity index (χ2n) is 3.70. The third-order valence-electron chi connectivity index (χ3n) is 1.87. The largest absolute Gasteiger partial charge is 0.466 e. The molecule has 0 aromatic heterocycles. The van der Waals surface area contributed by atoms with E-state index < -0.39 is 16.1 Å². The van der Waals surface area contributed by atoms with E-state index in [1.54, 1.807) is 19.1 Å². The summed E-state index contributed by atoms with van der Waals surface area (Å²) in [6, 6.07) is 5.99. The molecule has 1 aromatic rings. The van der Waals surface area contributed by atoms with Crippen LogP contribution < -0.4 is 5.73 Å². The molecule has 1 rings (SSSR count). The van der Waals surface area contributed by atoms with Crippen LogP contribution in [0.3, 0.4) is 0 Å². The minimum atomic E-state index is -4.02. The lowest BCUT2D eigenvalue weighted by atomic mass is 10.2. The molecule has 0 bridgehead atoms. The van der Waals surface area contributed by atoms with E-state index in [0.717, 1.165) is 5.56 Å². The Hall–Kier alpha value is -1.86. The molecule has 0 radical (unpaired) electrons. The van der Waals surface area contributed by atoms with Gasteiger partial charge in [0.25, 0.3) is 10.1 Å². The highest BCUT2D eigenvalue weighted by molar-refractivity contribution is 7.85. The lowest BCUT2D eigenvalue weighted by Crippen LogP contribution is -2.00. The Morgan fingerprint density at radius 2 is 1.79 bits per heavy atom. The van der Waals surface area contributed by atoms with Gasteiger partial charge in [0.1, 0.15) is 0 Å². The third kappa shape index (κ3) is 7.96. The standard InChI is InChI=1S/C7H8O3S.C5H9NO2/c1-6-2-4-7(5-3-6)11(8,9)10;1-4(6)3-5(7)8-2/h2-5H,1H3,(H,8,9,10);3H,6H2,1-2H3. The Labute approximate surface area is 112 Å². The van der Waals surface area contributed by atoms with E-state index in [-0.39, 0.29) is 4.90 Å². The Kier molecular flexibility index (Phi) is 6.81. The van der Waals surface area contributed by atoms with E-state index in [0.29, 0.717) is 5.70 Å². The molecular formula is C12H17NO5S. The normalized spacial score (nSPS) is 11.3. The molecule has 0 atom stereocenters. The van der Waals surface area contributed by atoms with Crippen LogP contribution in [-0.2, 0) is 19.6 Å². The van der Waals surface area contributed by atoms with Gasteiger partial charge in [0.05, 0.1) is 12.0 Å². The van der Waals surface area contributed by atoms with Crippen LogP contribution in [0.25, 0.3) is 0 Å². The van der Waals surface area contributed by atoms with Crippen molar-refractivity contribution in [3.05, 3.63) is 41.6 Å². The molecule has 0 unspecified atom stereocenters. The lowest BCUT2D eigenvalue weighted by Gasteiger charge is -1.95. The number of aryl methyl sites for hydroxylation is 1. The number of carbonyl (C=O) groups excluding carboxylic acids is 1. The number of rotatable bonds is 2. The fraction of sp³-hybridized carbons (Fsp3) is 0.250. The van der Waals surface area contributed by atoms with E-state index in [1.165, 1.54) is 25.3 Å². The monoisotopic (exact) mass is 287 g/mol. The molecule has 0 spiro atoms. The van der Waals surface area contributed by atoms with Gasteiger partial charge in [-0.2, -0.15) is 8.42 Å². The van der Waals surface area contributed by atoms with Crippen molar-refractivity contribution in [2.75, 3.05) is 7.11 Å². The molecule has 19 heavy (non-hydrogen) atoms. The maximum absolute atomic E-state index is 10.5. The highest BCUT2D eigenvalue weighted by atomic mass is 32.2. The minimum Gasteiger partial charge on any atom is -0.466 e. The van der Waals surface area contributed by atoms with Gasteiger partial charge in [-0.05, 0) is 26.0 Å². The van der Waals surface area contributed by atoms with Crippen LogP contribution in [0.4, 0.5) is 0 Å². The van der Waals surface area contributed by atoms with Crippen LogP contribution in [0.15, 0.2) is 40.9 Å². The van der Waals surface area contributed by atoms with Crippen molar-refractivity contribution < 1.29 is 22.5 Å². The molecule has 0 aliphatic carbocycles.